The molecule has 30 heavy (non-hydrogen) atoms. The van der Waals surface area contributed by atoms with E-state index in [0.29, 0.717) is 18.8 Å². The molecule has 1 saturated carbocycles. The van der Waals surface area contributed by atoms with Crippen molar-refractivity contribution in [3.8, 4) is 0 Å². The highest BCUT2D eigenvalue weighted by Gasteiger charge is 2.32. The fraction of sp³-hybridized carbons (Fsp3) is 0.381. The van der Waals surface area contributed by atoms with E-state index in [9.17, 15) is 9.59 Å². The molecular formula is C21H24N6O3. The van der Waals surface area contributed by atoms with Gasteiger partial charge in [0.1, 0.15) is 12.0 Å². The number of hydrogen-bond donors (Lipinski definition) is 2. The summed E-state index contributed by atoms with van der Waals surface area (Å²) in [6, 6.07) is 7.92. The number of nitrogens with one attached hydrogen (secondary N) is 1. The molecule has 2 heterocycles. The van der Waals surface area contributed by atoms with Crippen LogP contribution in [0.3, 0.4) is 0 Å². The van der Waals surface area contributed by atoms with Gasteiger partial charge in [-0.1, -0.05) is 6.07 Å². The van der Waals surface area contributed by atoms with E-state index < -0.39 is 17.8 Å². The minimum atomic E-state index is -0.935. The lowest BCUT2D eigenvalue weighted by molar-refractivity contribution is -0.157. The highest BCUT2D eigenvalue weighted by molar-refractivity contribution is 5.96. The van der Waals surface area contributed by atoms with Crippen LogP contribution in [0.15, 0.2) is 42.9 Å². The number of hydrogen-bond acceptors (Lipinski definition) is 7. The van der Waals surface area contributed by atoms with E-state index in [4.69, 9.17) is 10.5 Å². The number of H-pyrrole nitrogens is 1. The van der Waals surface area contributed by atoms with Crippen LogP contribution >= 0.6 is 0 Å². The number of nitrogens with two attached hydrogens (primary N) is 1. The summed E-state index contributed by atoms with van der Waals surface area (Å²) in [7, 11) is 0. The zero-order chi connectivity index (χ0) is 21.1. The predicted molar refractivity (Wildman–Crippen MR) is 111 cm³/mol. The standard InChI is InChI=1S/C21H24N6O3/c1-13(19(22)28)20(29)30-15-8-6-14(7-9-15)27(21-23-10-3-11-24-21)18-5-2-4-17-16(18)12-25-26-17/h2-5,10-15H,6-9H2,1H3,(H2,22,28)(H,25,26). The fourth-order valence-corrected chi connectivity index (χ4v) is 3.85. The van der Waals surface area contributed by atoms with Crippen molar-refractivity contribution in [1.29, 1.82) is 0 Å². The normalized spacial score (nSPS) is 19.9. The molecule has 0 spiro atoms. The molecule has 0 radical (unpaired) electrons. The van der Waals surface area contributed by atoms with E-state index in [1.54, 1.807) is 24.7 Å². The number of nitrogens with zero attached hydrogens (tertiary/aromatic N) is 4. The van der Waals surface area contributed by atoms with Gasteiger partial charge in [-0.25, -0.2) is 9.97 Å². The van der Waals surface area contributed by atoms with Crippen LogP contribution in [0.5, 0.6) is 0 Å². The molecule has 3 aromatic rings. The van der Waals surface area contributed by atoms with E-state index >= 15 is 0 Å². The van der Waals surface area contributed by atoms with Crippen LogP contribution in [0.2, 0.25) is 0 Å². The maximum absolute atomic E-state index is 12.1. The minimum absolute atomic E-state index is 0.136. The average Bonchev–Trinajstić information content (AvgIpc) is 3.25. The lowest BCUT2D eigenvalue weighted by Gasteiger charge is -2.37. The molecule has 1 fully saturated rings. The number of fused-ring (bicyclic) bond motifs is 1. The van der Waals surface area contributed by atoms with E-state index in [1.165, 1.54) is 6.92 Å². The smallest absolute Gasteiger partial charge is 0.318 e. The van der Waals surface area contributed by atoms with E-state index in [0.717, 1.165) is 29.4 Å². The SMILES string of the molecule is CC(C(N)=O)C(=O)OC1CCC(N(c2ncccn2)c2cccc3[nH]ncc23)CC1. The first-order chi connectivity index (χ1) is 14.5. The third-order valence-corrected chi connectivity index (χ3v) is 5.56. The number of esters is 1. The number of aromatic nitrogens is 4. The molecule has 1 atom stereocenters. The molecule has 3 N–H and O–H groups in total. The molecule has 1 aromatic carbocycles. The second kappa shape index (κ2) is 8.48. The van der Waals surface area contributed by atoms with Crippen LogP contribution in [-0.2, 0) is 14.3 Å². The maximum atomic E-state index is 12.1. The Balaban J connectivity index is 1.55. The molecule has 1 amide bonds. The summed E-state index contributed by atoms with van der Waals surface area (Å²) in [6.45, 7) is 1.47. The van der Waals surface area contributed by atoms with Gasteiger partial charge in [-0.3, -0.25) is 14.7 Å². The Kier molecular flexibility index (Phi) is 5.60. The van der Waals surface area contributed by atoms with Crippen molar-refractivity contribution < 1.29 is 14.3 Å². The highest BCUT2D eigenvalue weighted by Crippen LogP contribution is 2.36. The molecule has 9 heteroatoms. The predicted octanol–water partition coefficient (Wildman–Crippen LogP) is 2.47. The van der Waals surface area contributed by atoms with Crippen molar-refractivity contribution in [3.05, 3.63) is 42.9 Å². The summed E-state index contributed by atoms with van der Waals surface area (Å²) < 4.78 is 5.51. The maximum Gasteiger partial charge on any atom is 0.318 e. The second-order valence-corrected chi connectivity index (χ2v) is 7.52. The number of amides is 1. The van der Waals surface area contributed by atoms with Crippen molar-refractivity contribution in [2.75, 3.05) is 4.90 Å². The van der Waals surface area contributed by atoms with E-state index in [-0.39, 0.29) is 12.1 Å². The van der Waals surface area contributed by atoms with Crippen LogP contribution in [0.4, 0.5) is 11.6 Å². The fourth-order valence-electron chi connectivity index (χ4n) is 3.85. The van der Waals surface area contributed by atoms with Gasteiger partial charge in [-0.05, 0) is 50.8 Å². The molecule has 1 aliphatic rings. The summed E-state index contributed by atoms with van der Waals surface area (Å²) in [4.78, 5) is 34.4. The van der Waals surface area contributed by atoms with Gasteiger partial charge in [-0.2, -0.15) is 5.10 Å². The quantitative estimate of drug-likeness (QED) is 0.474. The number of rotatable bonds is 6. The van der Waals surface area contributed by atoms with Crippen molar-refractivity contribution in [2.45, 2.75) is 44.8 Å². The van der Waals surface area contributed by atoms with Crippen molar-refractivity contribution in [3.63, 3.8) is 0 Å². The van der Waals surface area contributed by atoms with Crippen molar-refractivity contribution in [1.82, 2.24) is 20.2 Å². The molecule has 1 unspecified atom stereocenters. The first-order valence-electron chi connectivity index (χ1n) is 10.0. The third-order valence-electron chi connectivity index (χ3n) is 5.56. The number of aromatic amines is 1. The number of benzene rings is 1. The third kappa shape index (κ3) is 3.96. The van der Waals surface area contributed by atoms with Gasteiger partial charge in [0.05, 0.1) is 17.4 Å². The number of anilines is 2. The number of ether oxygens (including phenoxy) is 1. The molecule has 0 bridgehead atoms. The Bertz CT molecular complexity index is 1030. The van der Waals surface area contributed by atoms with Crippen LogP contribution in [-0.4, -0.2) is 44.2 Å². The molecular weight excluding hydrogens is 384 g/mol. The van der Waals surface area contributed by atoms with Gasteiger partial charge in [-0.15, -0.1) is 0 Å². The van der Waals surface area contributed by atoms with Gasteiger partial charge < -0.3 is 15.4 Å². The summed E-state index contributed by atoms with van der Waals surface area (Å²) >= 11 is 0. The lowest BCUT2D eigenvalue weighted by atomic mass is 9.91. The Morgan fingerprint density at radius 1 is 1.17 bits per heavy atom. The minimum Gasteiger partial charge on any atom is -0.462 e. The van der Waals surface area contributed by atoms with Gasteiger partial charge in [0.25, 0.3) is 0 Å². The topological polar surface area (TPSA) is 127 Å². The molecule has 9 nitrogen and oxygen atoms in total. The number of carbonyl (C=O) groups is 2. The van der Waals surface area contributed by atoms with Crippen LogP contribution in [0, 0.1) is 5.92 Å². The van der Waals surface area contributed by atoms with Crippen LogP contribution < -0.4 is 10.6 Å². The summed E-state index contributed by atoms with van der Waals surface area (Å²) in [5, 5.41) is 8.17. The summed E-state index contributed by atoms with van der Waals surface area (Å²) in [5.74, 6) is -1.55. The van der Waals surface area contributed by atoms with Gasteiger partial charge in [0.15, 0.2) is 0 Å². The van der Waals surface area contributed by atoms with E-state index in [1.807, 2.05) is 18.2 Å². The van der Waals surface area contributed by atoms with Crippen molar-refractivity contribution in [2.24, 2.45) is 11.7 Å². The molecule has 0 saturated heterocycles. The monoisotopic (exact) mass is 408 g/mol. The summed E-state index contributed by atoms with van der Waals surface area (Å²) in [5.41, 5.74) is 7.12. The van der Waals surface area contributed by atoms with Crippen LogP contribution in [0.1, 0.15) is 32.6 Å². The average molecular weight is 408 g/mol. The molecule has 0 aliphatic heterocycles. The Hall–Kier alpha value is -3.49. The molecule has 156 valence electrons. The Morgan fingerprint density at radius 3 is 2.60 bits per heavy atom. The Labute approximate surface area is 173 Å². The first-order valence-corrected chi connectivity index (χ1v) is 10.0. The largest absolute Gasteiger partial charge is 0.462 e. The zero-order valence-corrected chi connectivity index (χ0v) is 16.7. The molecule has 1 aliphatic carbocycles. The lowest BCUT2D eigenvalue weighted by Crippen LogP contribution is -2.39. The first kappa shape index (κ1) is 19.8. The van der Waals surface area contributed by atoms with Gasteiger partial charge in [0, 0.05) is 23.8 Å². The second-order valence-electron chi connectivity index (χ2n) is 7.52. The number of primary amides is 1. The van der Waals surface area contributed by atoms with Gasteiger partial charge in [0.2, 0.25) is 11.9 Å². The van der Waals surface area contributed by atoms with E-state index in [2.05, 4.69) is 25.1 Å². The van der Waals surface area contributed by atoms with Crippen molar-refractivity contribution >= 4 is 34.4 Å². The molecule has 4 rings (SSSR count). The molecule has 2 aromatic heterocycles. The highest BCUT2D eigenvalue weighted by atomic mass is 16.5. The summed E-state index contributed by atoms with van der Waals surface area (Å²) in [6.07, 6.45) is 7.98. The Morgan fingerprint density at radius 2 is 1.90 bits per heavy atom. The number of carbonyl (C=O) groups excluding carboxylic acids is 2. The zero-order valence-electron chi connectivity index (χ0n) is 16.7. The van der Waals surface area contributed by atoms with Gasteiger partial charge >= 0.3 is 5.97 Å². The van der Waals surface area contributed by atoms with Crippen LogP contribution in [0.25, 0.3) is 10.9 Å².